The third kappa shape index (κ3) is 1.83. The van der Waals surface area contributed by atoms with Crippen LogP contribution >= 0.6 is 23.4 Å². The van der Waals surface area contributed by atoms with Gasteiger partial charge in [0.2, 0.25) is 0 Å². The van der Waals surface area contributed by atoms with Gasteiger partial charge in [0, 0.05) is 17.8 Å². The van der Waals surface area contributed by atoms with Gasteiger partial charge < -0.3 is 4.57 Å². The summed E-state index contributed by atoms with van der Waals surface area (Å²) in [7, 11) is 0. The van der Waals surface area contributed by atoms with E-state index in [-0.39, 0.29) is 0 Å². The van der Waals surface area contributed by atoms with Gasteiger partial charge in [0.15, 0.2) is 5.16 Å². The van der Waals surface area contributed by atoms with Crippen molar-refractivity contribution in [2.24, 2.45) is 0 Å². The van der Waals surface area contributed by atoms with Gasteiger partial charge in [-0.15, -0.1) is 0 Å². The number of rotatable bonds is 1. The molecule has 0 bridgehead atoms. The van der Waals surface area contributed by atoms with E-state index >= 15 is 0 Å². The minimum atomic E-state index is 0.351. The smallest absolute Gasteiger partial charge is 0.169 e. The van der Waals surface area contributed by atoms with E-state index in [4.69, 9.17) is 11.6 Å². The summed E-state index contributed by atoms with van der Waals surface area (Å²) in [6, 6.07) is 11.9. The molecule has 19 heavy (non-hydrogen) atoms. The highest BCUT2D eigenvalue weighted by Crippen LogP contribution is 2.43. The quantitative estimate of drug-likeness (QED) is 0.679. The number of halogens is 1. The van der Waals surface area contributed by atoms with Gasteiger partial charge in [0.05, 0.1) is 22.0 Å². The van der Waals surface area contributed by atoms with E-state index in [1.54, 1.807) is 11.8 Å². The lowest BCUT2D eigenvalue weighted by Crippen LogP contribution is -2.00. The van der Waals surface area contributed by atoms with Gasteiger partial charge in [0.1, 0.15) is 0 Å². The monoisotopic (exact) mass is 287 g/mol. The number of thioether (sulfide) groups is 1. The molecule has 94 valence electrons. The van der Waals surface area contributed by atoms with Crippen LogP contribution in [0.2, 0.25) is 5.02 Å². The molecule has 0 saturated carbocycles. The molecule has 3 heterocycles. The van der Waals surface area contributed by atoms with Crippen LogP contribution in [0.15, 0.2) is 47.8 Å². The van der Waals surface area contributed by atoms with Crippen molar-refractivity contribution >= 4 is 34.4 Å². The van der Waals surface area contributed by atoms with Crippen molar-refractivity contribution in [3.8, 4) is 0 Å². The van der Waals surface area contributed by atoms with Crippen LogP contribution < -0.4 is 0 Å². The summed E-state index contributed by atoms with van der Waals surface area (Å²) in [5.41, 5.74) is 3.22. The Morgan fingerprint density at radius 3 is 3.05 bits per heavy atom. The van der Waals surface area contributed by atoms with Crippen LogP contribution in [0.3, 0.4) is 0 Å². The summed E-state index contributed by atoms with van der Waals surface area (Å²) in [4.78, 5) is 9.08. The second-order valence-corrected chi connectivity index (χ2v) is 6.11. The second kappa shape index (κ2) is 4.25. The average Bonchev–Trinajstić information content (AvgIpc) is 2.96. The normalized spacial score (nSPS) is 17.8. The SMILES string of the molecule is Clc1ccc2c(c1)nc1n2CC(c2ccccn2)S1. The summed E-state index contributed by atoms with van der Waals surface area (Å²) in [6.45, 7) is 0.912. The van der Waals surface area contributed by atoms with Crippen LogP contribution in [0.4, 0.5) is 0 Å². The molecule has 0 amide bonds. The fraction of sp³-hybridized carbons (Fsp3) is 0.143. The highest BCUT2D eigenvalue weighted by molar-refractivity contribution is 7.99. The zero-order chi connectivity index (χ0) is 12.8. The fourth-order valence-corrected chi connectivity index (χ4v) is 3.75. The van der Waals surface area contributed by atoms with Crippen molar-refractivity contribution in [2.75, 3.05) is 0 Å². The van der Waals surface area contributed by atoms with Crippen molar-refractivity contribution in [3.05, 3.63) is 53.3 Å². The zero-order valence-electron chi connectivity index (χ0n) is 9.95. The van der Waals surface area contributed by atoms with E-state index in [0.717, 1.165) is 33.5 Å². The minimum Gasteiger partial charge on any atom is -0.317 e. The fourth-order valence-electron chi connectivity index (χ4n) is 2.40. The average molecular weight is 288 g/mol. The number of hydrogen-bond acceptors (Lipinski definition) is 3. The third-order valence-electron chi connectivity index (χ3n) is 3.29. The standard InChI is InChI=1S/C14H10ClN3S/c15-9-4-5-12-11(7-9)17-14-18(12)8-13(19-14)10-3-1-2-6-16-10/h1-7,13H,8H2. The lowest BCUT2D eigenvalue weighted by Gasteiger charge is -2.07. The van der Waals surface area contributed by atoms with E-state index < -0.39 is 0 Å². The Morgan fingerprint density at radius 1 is 1.26 bits per heavy atom. The molecule has 1 aliphatic rings. The number of fused-ring (bicyclic) bond motifs is 3. The molecule has 3 nitrogen and oxygen atoms in total. The molecule has 4 rings (SSSR count). The maximum Gasteiger partial charge on any atom is 0.169 e. The van der Waals surface area contributed by atoms with Gasteiger partial charge in [-0.1, -0.05) is 29.4 Å². The van der Waals surface area contributed by atoms with Gasteiger partial charge in [-0.25, -0.2) is 4.98 Å². The van der Waals surface area contributed by atoms with Gasteiger partial charge in [0.25, 0.3) is 0 Å². The molecule has 0 saturated heterocycles. The molecule has 0 radical (unpaired) electrons. The van der Waals surface area contributed by atoms with E-state index in [1.807, 2.05) is 36.5 Å². The van der Waals surface area contributed by atoms with Crippen LogP contribution in [-0.4, -0.2) is 14.5 Å². The molecule has 5 heteroatoms. The Bertz CT molecular complexity index is 754. The lowest BCUT2D eigenvalue weighted by molar-refractivity contribution is 0.674. The van der Waals surface area contributed by atoms with Gasteiger partial charge in [-0.05, 0) is 30.3 Å². The van der Waals surface area contributed by atoms with Crippen LogP contribution in [0.25, 0.3) is 11.0 Å². The number of aromatic nitrogens is 3. The molecule has 1 atom stereocenters. The molecular formula is C14H10ClN3S. The summed E-state index contributed by atoms with van der Waals surface area (Å²) in [5, 5.41) is 2.13. The largest absolute Gasteiger partial charge is 0.317 e. The van der Waals surface area contributed by atoms with Gasteiger partial charge in [-0.2, -0.15) is 0 Å². The van der Waals surface area contributed by atoms with E-state index in [2.05, 4.69) is 20.6 Å². The van der Waals surface area contributed by atoms with Crippen molar-refractivity contribution < 1.29 is 0 Å². The predicted molar refractivity (Wildman–Crippen MR) is 77.6 cm³/mol. The molecule has 3 aromatic rings. The molecule has 1 aliphatic heterocycles. The molecule has 0 spiro atoms. The van der Waals surface area contributed by atoms with Crippen molar-refractivity contribution in [2.45, 2.75) is 17.0 Å². The Morgan fingerprint density at radius 2 is 2.21 bits per heavy atom. The van der Waals surface area contributed by atoms with Crippen LogP contribution in [0.5, 0.6) is 0 Å². The summed E-state index contributed by atoms with van der Waals surface area (Å²) in [6.07, 6.45) is 1.84. The van der Waals surface area contributed by atoms with E-state index in [1.165, 1.54) is 0 Å². The highest BCUT2D eigenvalue weighted by atomic mass is 35.5. The third-order valence-corrected chi connectivity index (χ3v) is 4.72. The highest BCUT2D eigenvalue weighted by Gasteiger charge is 2.27. The maximum absolute atomic E-state index is 6.00. The van der Waals surface area contributed by atoms with Crippen molar-refractivity contribution in [3.63, 3.8) is 0 Å². The van der Waals surface area contributed by atoms with Gasteiger partial charge >= 0.3 is 0 Å². The Kier molecular flexibility index (Phi) is 2.53. The maximum atomic E-state index is 6.00. The number of nitrogens with zero attached hydrogens (tertiary/aromatic N) is 3. The number of hydrogen-bond donors (Lipinski definition) is 0. The molecule has 0 N–H and O–H groups in total. The molecule has 1 unspecified atom stereocenters. The molecular weight excluding hydrogens is 278 g/mol. The molecule has 0 fully saturated rings. The molecule has 1 aromatic carbocycles. The summed E-state index contributed by atoms with van der Waals surface area (Å²) >= 11 is 7.77. The van der Waals surface area contributed by atoms with E-state index in [0.29, 0.717) is 5.25 Å². The summed E-state index contributed by atoms with van der Waals surface area (Å²) in [5.74, 6) is 0. The predicted octanol–water partition coefficient (Wildman–Crippen LogP) is 3.93. The first-order valence-corrected chi connectivity index (χ1v) is 7.30. The van der Waals surface area contributed by atoms with E-state index in [9.17, 15) is 0 Å². The first-order chi connectivity index (χ1) is 9.31. The molecule has 2 aromatic heterocycles. The van der Waals surface area contributed by atoms with Crippen molar-refractivity contribution in [1.82, 2.24) is 14.5 Å². The number of benzene rings is 1. The first-order valence-electron chi connectivity index (χ1n) is 6.04. The van der Waals surface area contributed by atoms with Crippen molar-refractivity contribution in [1.29, 1.82) is 0 Å². The zero-order valence-corrected chi connectivity index (χ0v) is 11.5. The molecule has 0 aliphatic carbocycles. The number of imidazole rings is 1. The van der Waals surface area contributed by atoms with Crippen LogP contribution in [0, 0.1) is 0 Å². The van der Waals surface area contributed by atoms with Gasteiger partial charge in [-0.3, -0.25) is 4.98 Å². The lowest BCUT2D eigenvalue weighted by atomic mass is 10.2. The minimum absolute atomic E-state index is 0.351. The second-order valence-electron chi connectivity index (χ2n) is 4.50. The first kappa shape index (κ1) is 11.3. The number of pyridine rings is 1. The van der Waals surface area contributed by atoms with Crippen LogP contribution in [0.1, 0.15) is 10.9 Å². The Balaban J connectivity index is 1.75. The topological polar surface area (TPSA) is 30.7 Å². The summed E-state index contributed by atoms with van der Waals surface area (Å²) < 4.78 is 2.25. The Hall–Kier alpha value is -1.52. The van der Waals surface area contributed by atoms with Crippen LogP contribution in [-0.2, 0) is 6.54 Å². The Labute approximate surface area is 119 Å².